The molecule has 2 rings (SSSR count). The summed E-state index contributed by atoms with van der Waals surface area (Å²) in [6, 6.07) is 5.38. The summed E-state index contributed by atoms with van der Waals surface area (Å²) in [5.41, 5.74) is 7.38. The Balaban J connectivity index is 2.58. The maximum Gasteiger partial charge on any atom is 0.117 e. The summed E-state index contributed by atoms with van der Waals surface area (Å²) in [6.45, 7) is 2.61. The van der Waals surface area contributed by atoms with E-state index in [9.17, 15) is 5.11 Å². The molecule has 0 saturated heterocycles. The van der Waals surface area contributed by atoms with Gasteiger partial charge in [0.05, 0.1) is 17.4 Å². The Labute approximate surface area is 82.0 Å². The molecule has 1 atom stereocenters. The standard InChI is InChI=1S/C10H13N3O/c1-7(5-11)13-6-12-9-4-8(14)2-3-10(9)13/h2-4,6-7,14H,5,11H2,1H3. The van der Waals surface area contributed by atoms with E-state index in [4.69, 9.17) is 5.73 Å². The van der Waals surface area contributed by atoms with Crippen LogP contribution >= 0.6 is 0 Å². The van der Waals surface area contributed by atoms with Gasteiger partial charge in [0.15, 0.2) is 0 Å². The van der Waals surface area contributed by atoms with Gasteiger partial charge in [-0.25, -0.2) is 4.98 Å². The van der Waals surface area contributed by atoms with Gasteiger partial charge in [0, 0.05) is 18.7 Å². The Morgan fingerprint density at radius 1 is 1.57 bits per heavy atom. The van der Waals surface area contributed by atoms with E-state index >= 15 is 0 Å². The number of rotatable bonds is 2. The third kappa shape index (κ3) is 1.33. The molecule has 0 bridgehead atoms. The molecule has 0 saturated carbocycles. The first kappa shape index (κ1) is 9.02. The van der Waals surface area contributed by atoms with Crippen molar-refractivity contribution in [1.82, 2.24) is 9.55 Å². The summed E-state index contributed by atoms with van der Waals surface area (Å²) in [5.74, 6) is 0.239. The van der Waals surface area contributed by atoms with E-state index in [-0.39, 0.29) is 11.8 Å². The summed E-state index contributed by atoms with van der Waals surface area (Å²) in [4.78, 5) is 4.20. The second-order valence-electron chi connectivity index (χ2n) is 3.41. The van der Waals surface area contributed by atoms with Gasteiger partial charge in [0.25, 0.3) is 0 Å². The van der Waals surface area contributed by atoms with Crippen LogP contribution in [0.25, 0.3) is 11.0 Å². The monoisotopic (exact) mass is 191 g/mol. The molecule has 0 fully saturated rings. The fraction of sp³-hybridized carbons (Fsp3) is 0.300. The number of benzene rings is 1. The molecule has 0 amide bonds. The minimum Gasteiger partial charge on any atom is -0.508 e. The summed E-state index contributed by atoms with van der Waals surface area (Å²) in [5, 5.41) is 9.26. The number of fused-ring (bicyclic) bond motifs is 1. The van der Waals surface area contributed by atoms with E-state index in [0.717, 1.165) is 11.0 Å². The van der Waals surface area contributed by atoms with Gasteiger partial charge >= 0.3 is 0 Å². The molecule has 0 aliphatic carbocycles. The van der Waals surface area contributed by atoms with Crippen molar-refractivity contribution in [3.05, 3.63) is 24.5 Å². The van der Waals surface area contributed by atoms with Crippen molar-refractivity contribution in [2.75, 3.05) is 6.54 Å². The third-order valence-electron chi connectivity index (χ3n) is 2.37. The normalized spacial score (nSPS) is 13.3. The van der Waals surface area contributed by atoms with E-state index in [0.29, 0.717) is 6.54 Å². The van der Waals surface area contributed by atoms with Crippen LogP contribution in [0, 0.1) is 0 Å². The lowest BCUT2D eigenvalue weighted by atomic mass is 10.2. The van der Waals surface area contributed by atoms with Gasteiger partial charge in [-0.15, -0.1) is 0 Å². The zero-order chi connectivity index (χ0) is 10.1. The number of hydrogen-bond acceptors (Lipinski definition) is 3. The summed E-state index contributed by atoms with van der Waals surface area (Å²) < 4.78 is 2.01. The Morgan fingerprint density at radius 2 is 2.36 bits per heavy atom. The number of nitrogens with two attached hydrogens (primary N) is 1. The van der Waals surface area contributed by atoms with Crippen LogP contribution in [0.4, 0.5) is 0 Å². The molecule has 0 radical (unpaired) electrons. The van der Waals surface area contributed by atoms with Gasteiger partial charge in [0.1, 0.15) is 5.75 Å². The molecular weight excluding hydrogens is 178 g/mol. The lowest BCUT2D eigenvalue weighted by Crippen LogP contribution is -2.14. The smallest absolute Gasteiger partial charge is 0.117 e. The fourth-order valence-electron chi connectivity index (χ4n) is 1.48. The highest BCUT2D eigenvalue weighted by atomic mass is 16.3. The van der Waals surface area contributed by atoms with Gasteiger partial charge in [0.2, 0.25) is 0 Å². The van der Waals surface area contributed by atoms with Crippen LogP contribution in [0.15, 0.2) is 24.5 Å². The average Bonchev–Trinajstić information content (AvgIpc) is 2.59. The van der Waals surface area contributed by atoms with Crippen molar-refractivity contribution in [3.8, 4) is 5.75 Å². The first-order chi connectivity index (χ1) is 6.72. The predicted octanol–water partition coefficient (Wildman–Crippen LogP) is 1.26. The summed E-state index contributed by atoms with van der Waals surface area (Å²) in [6.07, 6.45) is 1.75. The molecule has 74 valence electrons. The number of phenolic OH excluding ortho intramolecular Hbond substituents is 1. The zero-order valence-electron chi connectivity index (χ0n) is 8.01. The van der Waals surface area contributed by atoms with Crippen molar-refractivity contribution in [1.29, 1.82) is 0 Å². The van der Waals surface area contributed by atoms with Crippen LogP contribution in [-0.2, 0) is 0 Å². The van der Waals surface area contributed by atoms with Gasteiger partial charge in [-0.1, -0.05) is 0 Å². The molecule has 1 unspecified atom stereocenters. The Morgan fingerprint density at radius 3 is 3.07 bits per heavy atom. The molecule has 0 aliphatic rings. The first-order valence-corrected chi connectivity index (χ1v) is 4.58. The number of nitrogens with zero attached hydrogens (tertiary/aromatic N) is 2. The lowest BCUT2D eigenvalue weighted by molar-refractivity contribution is 0.476. The highest BCUT2D eigenvalue weighted by Gasteiger charge is 2.07. The molecule has 2 aromatic rings. The lowest BCUT2D eigenvalue weighted by Gasteiger charge is -2.10. The quantitative estimate of drug-likeness (QED) is 0.751. The molecule has 1 heterocycles. The molecule has 3 N–H and O–H groups in total. The molecule has 4 nitrogen and oxygen atoms in total. The van der Waals surface area contributed by atoms with E-state index < -0.39 is 0 Å². The number of phenols is 1. The van der Waals surface area contributed by atoms with Crippen LogP contribution in [0.3, 0.4) is 0 Å². The van der Waals surface area contributed by atoms with Crippen molar-refractivity contribution >= 4 is 11.0 Å². The van der Waals surface area contributed by atoms with Gasteiger partial charge < -0.3 is 15.4 Å². The molecule has 1 aromatic heterocycles. The molecule has 4 heteroatoms. The van der Waals surface area contributed by atoms with Crippen LogP contribution in [0.5, 0.6) is 5.75 Å². The van der Waals surface area contributed by atoms with Crippen molar-refractivity contribution in [2.45, 2.75) is 13.0 Å². The molecule has 0 aliphatic heterocycles. The maximum absolute atomic E-state index is 9.26. The SMILES string of the molecule is CC(CN)n1cnc2cc(O)ccc21. The predicted molar refractivity (Wildman–Crippen MR) is 55.2 cm³/mol. The first-order valence-electron chi connectivity index (χ1n) is 4.58. The minimum atomic E-state index is 0.226. The number of hydrogen-bond donors (Lipinski definition) is 2. The van der Waals surface area contributed by atoms with E-state index in [1.54, 1.807) is 18.5 Å². The Hall–Kier alpha value is -1.55. The molecule has 0 spiro atoms. The zero-order valence-corrected chi connectivity index (χ0v) is 8.01. The molecular formula is C10H13N3O. The topological polar surface area (TPSA) is 64.1 Å². The van der Waals surface area contributed by atoms with Gasteiger partial charge in [-0.3, -0.25) is 0 Å². The highest BCUT2D eigenvalue weighted by Crippen LogP contribution is 2.20. The Kier molecular flexibility index (Phi) is 2.13. The fourth-order valence-corrected chi connectivity index (χ4v) is 1.48. The second kappa shape index (κ2) is 3.31. The summed E-state index contributed by atoms with van der Waals surface area (Å²) in [7, 11) is 0. The number of imidazole rings is 1. The second-order valence-corrected chi connectivity index (χ2v) is 3.41. The van der Waals surface area contributed by atoms with Crippen molar-refractivity contribution in [3.63, 3.8) is 0 Å². The van der Waals surface area contributed by atoms with Gasteiger partial charge in [-0.2, -0.15) is 0 Å². The largest absolute Gasteiger partial charge is 0.508 e. The van der Waals surface area contributed by atoms with E-state index in [2.05, 4.69) is 4.98 Å². The van der Waals surface area contributed by atoms with Crippen LogP contribution < -0.4 is 5.73 Å². The van der Waals surface area contributed by atoms with E-state index in [1.165, 1.54) is 0 Å². The van der Waals surface area contributed by atoms with Crippen LogP contribution in [0.1, 0.15) is 13.0 Å². The molecule has 1 aromatic carbocycles. The highest BCUT2D eigenvalue weighted by molar-refractivity contribution is 5.77. The van der Waals surface area contributed by atoms with E-state index in [1.807, 2.05) is 17.6 Å². The van der Waals surface area contributed by atoms with Crippen LogP contribution in [-0.4, -0.2) is 21.2 Å². The number of aromatic nitrogens is 2. The average molecular weight is 191 g/mol. The maximum atomic E-state index is 9.26. The third-order valence-corrected chi connectivity index (χ3v) is 2.37. The van der Waals surface area contributed by atoms with Crippen molar-refractivity contribution < 1.29 is 5.11 Å². The van der Waals surface area contributed by atoms with Gasteiger partial charge in [-0.05, 0) is 19.1 Å². The minimum absolute atomic E-state index is 0.226. The summed E-state index contributed by atoms with van der Waals surface area (Å²) >= 11 is 0. The number of aromatic hydroxyl groups is 1. The molecule has 14 heavy (non-hydrogen) atoms. The van der Waals surface area contributed by atoms with Crippen molar-refractivity contribution in [2.24, 2.45) is 5.73 Å². The van der Waals surface area contributed by atoms with Crippen LogP contribution in [0.2, 0.25) is 0 Å². The Bertz CT molecular complexity index is 450.